The number of fused-ring (bicyclic) bond motifs is 4. The summed E-state index contributed by atoms with van der Waals surface area (Å²) in [6.45, 7) is 4.94. The third-order valence-electron chi connectivity index (χ3n) is 6.12. The van der Waals surface area contributed by atoms with E-state index in [1.54, 1.807) is 11.3 Å². The summed E-state index contributed by atoms with van der Waals surface area (Å²) in [5.41, 5.74) is 1.95. The minimum Gasteiger partial charge on any atom is -0.369 e. The Balaban J connectivity index is 1.42. The van der Waals surface area contributed by atoms with Gasteiger partial charge in [0.15, 0.2) is 5.16 Å². The van der Waals surface area contributed by atoms with Gasteiger partial charge in [-0.1, -0.05) is 66.8 Å². The first kappa shape index (κ1) is 22.7. The Morgan fingerprint density at radius 2 is 2.03 bits per heavy atom. The fourth-order valence-electron chi connectivity index (χ4n) is 4.10. The van der Waals surface area contributed by atoms with Crippen molar-refractivity contribution in [2.24, 2.45) is 0 Å². The molecule has 8 heteroatoms. The van der Waals surface area contributed by atoms with Crippen molar-refractivity contribution in [1.29, 1.82) is 0 Å². The van der Waals surface area contributed by atoms with Crippen LogP contribution in [0.4, 0.5) is 5.69 Å². The number of carbonyl (C=O) groups is 1. The Bertz CT molecular complexity index is 1350. The zero-order valence-electron chi connectivity index (χ0n) is 18.8. The average Bonchev–Trinajstić information content (AvgIpc) is 3.20. The molecule has 1 aliphatic heterocycles. The number of nitrogens with zero attached hydrogens (tertiary/aromatic N) is 2. The third-order valence-corrected chi connectivity index (χ3v) is 8.74. The van der Waals surface area contributed by atoms with Crippen molar-refractivity contribution in [2.45, 2.75) is 49.1 Å². The number of ether oxygens (including phenoxy) is 1. The molecule has 4 aromatic rings. The minimum absolute atomic E-state index is 0.0420. The number of nitrogens with one attached hydrogen (secondary N) is 1. The van der Waals surface area contributed by atoms with Gasteiger partial charge < -0.3 is 10.1 Å². The van der Waals surface area contributed by atoms with Gasteiger partial charge in [0.25, 0.3) is 0 Å². The van der Waals surface area contributed by atoms with E-state index in [9.17, 15) is 4.79 Å². The average molecular weight is 496 g/mol. The maximum Gasteiger partial charge on any atom is 0.234 e. The molecule has 2 aromatic carbocycles. The van der Waals surface area contributed by atoms with Crippen LogP contribution < -0.4 is 5.32 Å². The number of anilines is 1. The Morgan fingerprint density at radius 1 is 1.21 bits per heavy atom. The molecule has 2 aromatic heterocycles. The largest absolute Gasteiger partial charge is 0.369 e. The van der Waals surface area contributed by atoms with Crippen LogP contribution in [0, 0.1) is 0 Å². The molecular weight excluding hydrogens is 470 g/mol. The SMILES string of the molecule is CC[C@]1(C)Cc2c(sc3nc(SC)nc(SCC(=O)Nc4cccc5ccccc45)c23)CO1. The fraction of sp³-hybridized carbons (Fsp3) is 0.320. The topological polar surface area (TPSA) is 64.1 Å². The van der Waals surface area contributed by atoms with Gasteiger partial charge >= 0.3 is 0 Å². The lowest BCUT2D eigenvalue weighted by Gasteiger charge is -2.33. The summed E-state index contributed by atoms with van der Waals surface area (Å²) in [6, 6.07) is 14.0. The number of rotatable bonds is 6. The number of aromatic nitrogens is 2. The molecular formula is C25H25N3O2S3. The predicted octanol–water partition coefficient (Wildman–Crippen LogP) is 6.54. The number of carbonyl (C=O) groups excluding carboxylic acids is 1. The van der Waals surface area contributed by atoms with Gasteiger partial charge in [0.1, 0.15) is 9.86 Å². The van der Waals surface area contributed by atoms with Gasteiger partial charge in [-0.2, -0.15) is 0 Å². The van der Waals surface area contributed by atoms with Gasteiger partial charge in [0, 0.05) is 27.8 Å². The van der Waals surface area contributed by atoms with E-state index >= 15 is 0 Å². The number of hydrogen-bond donors (Lipinski definition) is 1. The molecule has 5 nitrogen and oxygen atoms in total. The van der Waals surface area contributed by atoms with Crippen LogP contribution >= 0.6 is 34.9 Å². The molecule has 0 saturated carbocycles. The molecule has 0 fully saturated rings. The second kappa shape index (κ2) is 9.25. The second-order valence-electron chi connectivity index (χ2n) is 8.33. The monoisotopic (exact) mass is 495 g/mol. The van der Waals surface area contributed by atoms with Crippen molar-refractivity contribution in [3.05, 3.63) is 52.9 Å². The maximum absolute atomic E-state index is 12.9. The standard InChI is InChI=1S/C25H25N3O2S3/c1-4-25(2)12-17-19(13-30-25)33-23-21(17)22(27-24(28-23)31-3)32-14-20(29)26-18-11-7-9-15-8-5-6-10-16(15)18/h5-11H,4,12-14H2,1-3H3,(H,26,29)/t25-/m1/s1. The first-order valence-electron chi connectivity index (χ1n) is 10.9. The van der Waals surface area contributed by atoms with Gasteiger partial charge in [0.05, 0.1) is 18.0 Å². The van der Waals surface area contributed by atoms with Crippen LogP contribution in [0.2, 0.25) is 0 Å². The Morgan fingerprint density at radius 3 is 2.85 bits per heavy atom. The van der Waals surface area contributed by atoms with Crippen molar-refractivity contribution in [3.8, 4) is 0 Å². The van der Waals surface area contributed by atoms with E-state index in [0.29, 0.717) is 6.61 Å². The zero-order chi connectivity index (χ0) is 23.0. The van der Waals surface area contributed by atoms with Crippen molar-refractivity contribution in [1.82, 2.24) is 9.97 Å². The molecule has 5 rings (SSSR count). The summed E-state index contributed by atoms with van der Waals surface area (Å²) in [7, 11) is 0. The molecule has 0 aliphatic carbocycles. The number of thioether (sulfide) groups is 2. The minimum atomic E-state index is -0.174. The number of hydrogen-bond acceptors (Lipinski definition) is 7. The van der Waals surface area contributed by atoms with E-state index in [1.807, 2.05) is 36.6 Å². The molecule has 0 spiro atoms. The zero-order valence-corrected chi connectivity index (χ0v) is 21.3. The lowest BCUT2D eigenvalue weighted by Crippen LogP contribution is -2.33. The van der Waals surface area contributed by atoms with Crippen molar-refractivity contribution < 1.29 is 9.53 Å². The molecule has 1 amide bonds. The summed E-state index contributed by atoms with van der Waals surface area (Å²) in [5.74, 6) is 0.245. The molecule has 3 heterocycles. The van der Waals surface area contributed by atoms with Crippen LogP contribution in [0.1, 0.15) is 30.7 Å². The molecule has 1 aliphatic rings. The molecule has 170 valence electrons. The van der Waals surface area contributed by atoms with E-state index < -0.39 is 0 Å². The fourth-order valence-corrected chi connectivity index (χ4v) is 6.60. The van der Waals surface area contributed by atoms with Crippen molar-refractivity contribution >= 4 is 67.4 Å². The molecule has 0 unspecified atom stereocenters. The van der Waals surface area contributed by atoms with Gasteiger partial charge in [-0.15, -0.1) is 11.3 Å². The van der Waals surface area contributed by atoms with Crippen LogP contribution in [0.25, 0.3) is 21.0 Å². The highest BCUT2D eigenvalue weighted by molar-refractivity contribution is 8.00. The first-order chi connectivity index (χ1) is 16.0. The third kappa shape index (κ3) is 4.49. The predicted molar refractivity (Wildman–Crippen MR) is 140 cm³/mol. The van der Waals surface area contributed by atoms with Crippen molar-refractivity contribution in [2.75, 3.05) is 17.3 Å². The summed E-state index contributed by atoms with van der Waals surface area (Å²) < 4.78 is 6.15. The molecule has 0 saturated heterocycles. The quantitative estimate of drug-likeness (QED) is 0.186. The summed E-state index contributed by atoms with van der Waals surface area (Å²) in [5, 5.41) is 7.95. The Labute approximate surface area is 205 Å². The van der Waals surface area contributed by atoms with Crippen molar-refractivity contribution in [3.63, 3.8) is 0 Å². The highest BCUT2D eigenvalue weighted by Gasteiger charge is 2.33. The number of amides is 1. The van der Waals surface area contributed by atoms with E-state index in [1.165, 1.54) is 34.0 Å². The van der Waals surface area contributed by atoms with Crippen LogP contribution in [-0.2, 0) is 22.6 Å². The lowest BCUT2D eigenvalue weighted by molar-refractivity contribution is -0.113. The van der Waals surface area contributed by atoms with Crippen LogP contribution in [0.5, 0.6) is 0 Å². The molecule has 1 N–H and O–H groups in total. The van der Waals surface area contributed by atoms with Gasteiger partial charge in [-0.05, 0) is 36.6 Å². The second-order valence-corrected chi connectivity index (χ2v) is 11.2. The molecule has 0 radical (unpaired) electrons. The van der Waals surface area contributed by atoms with Gasteiger partial charge in [-0.3, -0.25) is 4.79 Å². The van der Waals surface area contributed by atoms with Gasteiger partial charge in [-0.25, -0.2) is 9.97 Å². The lowest BCUT2D eigenvalue weighted by atomic mass is 9.90. The first-order valence-corrected chi connectivity index (χ1v) is 13.9. The van der Waals surface area contributed by atoms with Gasteiger partial charge in [0.2, 0.25) is 5.91 Å². The van der Waals surface area contributed by atoms with E-state index in [0.717, 1.165) is 49.7 Å². The van der Waals surface area contributed by atoms with E-state index in [2.05, 4.69) is 31.3 Å². The highest BCUT2D eigenvalue weighted by atomic mass is 32.2. The van der Waals surface area contributed by atoms with Crippen LogP contribution in [0.3, 0.4) is 0 Å². The van der Waals surface area contributed by atoms with Crippen LogP contribution in [-0.4, -0.2) is 33.5 Å². The van der Waals surface area contributed by atoms with Crippen LogP contribution in [0.15, 0.2) is 52.6 Å². The molecule has 0 bridgehead atoms. The summed E-state index contributed by atoms with van der Waals surface area (Å²) in [6.07, 6.45) is 3.77. The maximum atomic E-state index is 12.9. The van der Waals surface area contributed by atoms with E-state index in [-0.39, 0.29) is 17.3 Å². The summed E-state index contributed by atoms with van der Waals surface area (Å²) >= 11 is 4.70. The number of thiophene rings is 1. The molecule has 33 heavy (non-hydrogen) atoms. The number of benzene rings is 2. The highest BCUT2D eigenvalue weighted by Crippen LogP contribution is 2.43. The van der Waals surface area contributed by atoms with E-state index in [4.69, 9.17) is 14.7 Å². The Kier molecular flexibility index (Phi) is 6.35. The summed E-state index contributed by atoms with van der Waals surface area (Å²) in [4.78, 5) is 24.7. The smallest absolute Gasteiger partial charge is 0.234 e. The Hall–Kier alpha value is -2.13. The normalized spacial score (nSPS) is 17.9. The molecule has 1 atom stereocenters.